The molecule has 0 heterocycles. The number of aliphatic hydroxyl groups excluding tert-OH is 2. The summed E-state index contributed by atoms with van der Waals surface area (Å²) in [5, 5.41) is 23.7. The molecule has 0 aromatic carbocycles. The van der Waals surface area contributed by atoms with Crippen molar-refractivity contribution in [3.63, 3.8) is 0 Å². The molecule has 0 saturated heterocycles. The second kappa shape index (κ2) is 47.1. The fourth-order valence-electron chi connectivity index (χ4n) is 7.86. The summed E-state index contributed by atoms with van der Waals surface area (Å²) in [6, 6.07) is -0.700. The van der Waals surface area contributed by atoms with E-state index in [1.54, 1.807) is 0 Å². The summed E-state index contributed by atoms with van der Waals surface area (Å²) in [6.07, 6.45) is 54.8. The third-order valence-electron chi connectivity index (χ3n) is 11.7. The average Bonchev–Trinajstić information content (AvgIpc) is 3.23. The number of rotatable bonds is 46. The molecule has 3 unspecified atom stereocenters. The predicted octanol–water partition coefficient (Wildman–Crippen LogP) is 15.3. The van der Waals surface area contributed by atoms with E-state index in [4.69, 9.17) is 4.74 Å². The number of hydrogen-bond acceptors (Lipinski definition) is 5. The summed E-state index contributed by atoms with van der Waals surface area (Å²) in [5.41, 5.74) is 0. The van der Waals surface area contributed by atoms with Crippen LogP contribution >= 0.6 is 0 Å². The van der Waals surface area contributed by atoms with Gasteiger partial charge in [0.15, 0.2) is 0 Å². The van der Waals surface area contributed by atoms with Gasteiger partial charge in [-0.25, -0.2) is 0 Å². The van der Waals surface area contributed by atoms with E-state index in [0.717, 1.165) is 70.6 Å². The normalized spacial score (nSPS) is 13.5. The zero-order valence-corrected chi connectivity index (χ0v) is 39.4. The van der Waals surface area contributed by atoms with Gasteiger partial charge in [-0.2, -0.15) is 0 Å². The Morgan fingerprint density at radius 1 is 0.508 bits per heavy atom. The van der Waals surface area contributed by atoms with Gasteiger partial charge >= 0.3 is 5.97 Å². The van der Waals surface area contributed by atoms with Gasteiger partial charge in [0, 0.05) is 6.42 Å². The van der Waals surface area contributed by atoms with Crippen molar-refractivity contribution in [2.24, 2.45) is 0 Å². The van der Waals surface area contributed by atoms with Crippen molar-refractivity contribution in [2.45, 2.75) is 283 Å². The summed E-state index contributed by atoms with van der Waals surface area (Å²) < 4.78 is 5.93. The molecule has 0 rings (SSSR count). The Balaban J connectivity index is 4.55. The lowest BCUT2D eigenvalue weighted by atomic mass is 10.0. The Bertz CT molecular complexity index is 977. The molecule has 3 N–H and O–H groups in total. The number of esters is 1. The molecule has 0 saturated carbocycles. The van der Waals surface area contributed by atoms with Gasteiger partial charge in [0.25, 0.3) is 0 Å². The first kappa shape index (κ1) is 57.1. The lowest BCUT2D eigenvalue weighted by Crippen LogP contribution is -2.46. The van der Waals surface area contributed by atoms with Gasteiger partial charge in [-0.15, -0.1) is 0 Å². The fourth-order valence-corrected chi connectivity index (χ4v) is 7.86. The van der Waals surface area contributed by atoms with Crippen molar-refractivity contribution in [1.29, 1.82) is 0 Å². The number of hydrogen-bond donors (Lipinski definition) is 3. The SMILES string of the molecule is CC/C=C/C/C=C/C/C=C/CCCCCCCCC(=O)OC(CCCCCCCCCCCCCC)CC(=O)NC(CO)C(O)CCCCCCCCCCCCCC. The molecule has 0 aromatic heterocycles. The second-order valence-corrected chi connectivity index (χ2v) is 17.5. The van der Waals surface area contributed by atoms with E-state index < -0.39 is 18.2 Å². The zero-order valence-electron chi connectivity index (χ0n) is 39.4. The van der Waals surface area contributed by atoms with Crippen LogP contribution in [0.5, 0.6) is 0 Å². The predicted molar refractivity (Wildman–Crippen MR) is 255 cm³/mol. The maximum Gasteiger partial charge on any atom is 0.306 e. The molecule has 3 atom stereocenters. The summed E-state index contributed by atoms with van der Waals surface area (Å²) in [4.78, 5) is 26.1. The second-order valence-electron chi connectivity index (χ2n) is 17.5. The van der Waals surface area contributed by atoms with Crippen molar-refractivity contribution in [3.8, 4) is 0 Å². The quantitative estimate of drug-likeness (QED) is 0.0323. The molecule has 0 aliphatic rings. The molecule has 0 fully saturated rings. The van der Waals surface area contributed by atoms with Gasteiger partial charge in [0.2, 0.25) is 5.91 Å². The van der Waals surface area contributed by atoms with Crippen LogP contribution in [0.2, 0.25) is 0 Å². The highest BCUT2D eigenvalue weighted by atomic mass is 16.5. The van der Waals surface area contributed by atoms with E-state index in [2.05, 4.69) is 62.5 Å². The number of unbranched alkanes of at least 4 members (excludes halogenated alkanes) is 28. The molecule has 0 radical (unpaired) electrons. The van der Waals surface area contributed by atoms with Gasteiger partial charge in [-0.1, -0.05) is 231 Å². The first-order chi connectivity index (χ1) is 29.0. The van der Waals surface area contributed by atoms with E-state index in [9.17, 15) is 19.8 Å². The maximum absolute atomic E-state index is 13.2. The Morgan fingerprint density at radius 3 is 1.39 bits per heavy atom. The lowest BCUT2D eigenvalue weighted by molar-refractivity contribution is -0.151. The molecule has 0 bridgehead atoms. The van der Waals surface area contributed by atoms with Gasteiger partial charge in [0.05, 0.1) is 25.2 Å². The number of ether oxygens (including phenoxy) is 1. The van der Waals surface area contributed by atoms with Crippen molar-refractivity contribution in [1.82, 2.24) is 5.32 Å². The van der Waals surface area contributed by atoms with Crippen LogP contribution in [0.25, 0.3) is 0 Å². The third kappa shape index (κ3) is 42.6. The Labute approximate surface area is 366 Å². The molecular formula is C53H99NO5. The molecule has 0 spiro atoms. The Morgan fingerprint density at radius 2 is 0.915 bits per heavy atom. The van der Waals surface area contributed by atoms with E-state index in [0.29, 0.717) is 19.3 Å². The standard InChI is InChI=1S/C53H99NO5/c1-4-7-10-13-16-19-22-25-26-27-28-31-34-37-40-43-46-53(58)59-49(44-41-38-35-32-29-23-20-17-14-11-8-5-2)47-52(57)54-50(48-55)51(56)45-42-39-36-33-30-24-21-18-15-12-9-6-3/h7,10,16,19,25-26,49-51,55-56H,4-6,8-9,11-15,17-18,20-24,27-48H2,1-3H3,(H,54,57)/b10-7+,19-16+,26-25+. The van der Waals surface area contributed by atoms with Crippen molar-refractivity contribution in [2.75, 3.05) is 6.61 Å². The topological polar surface area (TPSA) is 95.9 Å². The van der Waals surface area contributed by atoms with Crippen LogP contribution in [-0.2, 0) is 14.3 Å². The third-order valence-corrected chi connectivity index (χ3v) is 11.7. The molecule has 59 heavy (non-hydrogen) atoms. The fraction of sp³-hybridized carbons (Fsp3) is 0.849. The van der Waals surface area contributed by atoms with Crippen LogP contribution in [0.4, 0.5) is 0 Å². The highest BCUT2D eigenvalue weighted by Gasteiger charge is 2.24. The number of carbonyl (C=O) groups excluding carboxylic acids is 2. The van der Waals surface area contributed by atoms with Crippen LogP contribution in [-0.4, -0.2) is 46.9 Å². The number of nitrogens with one attached hydrogen (secondary N) is 1. The molecule has 0 aliphatic carbocycles. The van der Waals surface area contributed by atoms with Crippen molar-refractivity contribution >= 4 is 11.9 Å². The van der Waals surface area contributed by atoms with Crippen molar-refractivity contribution in [3.05, 3.63) is 36.5 Å². The zero-order chi connectivity index (χ0) is 43.1. The first-order valence-electron chi connectivity index (χ1n) is 25.7. The molecule has 1 amide bonds. The van der Waals surface area contributed by atoms with Gasteiger partial charge in [-0.3, -0.25) is 9.59 Å². The number of carbonyl (C=O) groups is 2. The van der Waals surface area contributed by atoms with Crippen LogP contribution in [0.3, 0.4) is 0 Å². The highest BCUT2D eigenvalue weighted by Crippen LogP contribution is 2.18. The summed E-state index contributed by atoms with van der Waals surface area (Å²) >= 11 is 0. The average molecular weight is 830 g/mol. The van der Waals surface area contributed by atoms with Crippen LogP contribution < -0.4 is 5.32 Å². The first-order valence-corrected chi connectivity index (χ1v) is 25.7. The smallest absolute Gasteiger partial charge is 0.306 e. The minimum Gasteiger partial charge on any atom is -0.462 e. The van der Waals surface area contributed by atoms with E-state index in [-0.39, 0.29) is 24.9 Å². The summed E-state index contributed by atoms with van der Waals surface area (Å²) in [7, 11) is 0. The Hall–Kier alpha value is -1.92. The van der Waals surface area contributed by atoms with E-state index >= 15 is 0 Å². The number of amides is 1. The van der Waals surface area contributed by atoms with E-state index in [1.165, 1.54) is 148 Å². The lowest BCUT2D eigenvalue weighted by Gasteiger charge is -2.24. The highest BCUT2D eigenvalue weighted by molar-refractivity contribution is 5.77. The number of allylic oxidation sites excluding steroid dienone is 6. The van der Waals surface area contributed by atoms with Crippen LogP contribution in [0, 0.1) is 0 Å². The number of aliphatic hydroxyl groups is 2. The molecule has 0 aliphatic heterocycles. The minimum absolute atomic E-state index is 0.0760. The molecule has 6 nitrogen and oxygen atoms in total. The van der Waals surface area contributed by atoms with Crippen molar-refractivity contribution < 1.29 is 24.5 Å². The molecule has 346 valence electrons. The summed E-state index contributed by atoms with van der Waals surface area (Å²) in [5.74, 6) is -0.478. The van der Waals surface area contributed by atoms with Crippen LogP contribution in [0.15, 0.2) is 36.5 Å². The molecule has 6 heteroatoms. The van der Waals surface area contributed by atoms with Crippen LogP contribution in [0.1, 0.15) is 265 Å². The summed E-state index contributed by atoms with van der Waals surface area (Å²) in [6.45, 7) is 6.38. The minimum atomic E-state index is -0.786. The van der Waals surface area contributed by atoms with E-state index in [1.807, 2.05) is 0 Å². The van der Waals surface area contributed by atoms with Gasteiger partial charge in [-0.05, 0) is 57.8 Å². The molecule has 0 aromatic rings. The monoisotopic (exact) mass is 830 g/mol. The maximum atomic E-state index is 13.2. The van der Waals surface area contributed by atoms with Gasteiger partial charge in [0.1, 0.15) is 6.10 Å². The largest absolute Gasteiger partial charge is 0.462 e. The Kier molecular flexibility index (Phi) is 45.6. The van der Waals surface area contributed by atoms with Gasteiger partial charge < -0.3 is 20.3 Å². The molecular weight excluding hydrogens is 731 g/mol.